The van der Waals surface area contributed by atoms with Crippen molar-refractivity contribution in [2.45, 2.75) is 36.1 Å². The second-order valence-electron chi connectivity index (χ2n) is 4.26. The Kier molecular flexibility index (Phi) is 5.87. The smallest absolute Gasteiger partial charge is 0.313 e. The van der Waals surface area contributed by atoms with Crippen LogP contribution in [0.25, 0.3) is 0 Å². The van der Waals surface area contributed by atoms with Gasteiger partial charge in [0.25, 0.3) is 0 Å². The second kappa shape index (κ2) is 7.66. The molecule has 0 amide bonds. The first-order valence-electron chi connectivity index (χ1n) is 6.27. The molecule has 0 radical (unpaired) electrons. The molecule has 0 saturated carbocycles. The van der Waals surface area contributed by atoms with Crippen LogP contribution in [0.3, 0.4) is 0 Å². The molecule has 0 aromatic carbocycles. The Morgan fingerprint density at radius 2 is 2.42 bits per heavy atom. The number of carboxylic acids is 1. The molecule has 1 aliphatic heterocycles. The number of aromatic nitrogens is 2. The summed E-state index contributed by atoms with van der Waals surface area (Å²) >= 11 is 2.58. The first-order valence-corrected chi connectivity index (χ1v) is 8.08. The van der Waals surface area contributed by atoms with Crippen molar-refractivity contribution in [2.75, 3.05) is 24.2 Å². The zero-order chi connectivity index (χ0) is 13.5. The van der Waals surface area contributed by atoms with E-state index in [1.807, 2.05) is 0 Å². The Labute approximate surface area is 120 Å². The molecular weight excluding hydrogens is 286 g/mol. The van der Waals surface area contributed by atoms with E-state index < -0.39 is 5.97 Å². The largest absolute Gasteiger partial charge is 0.481 e. The van der Waals surface area contributed by atoms with Gasteiger partial charge in [-0.15, -0.1) is 10.2 Å². The van der Waals surface area contributed by atoms with E-state index in [0.29, 0.717) is 10.4 Å². The molecule has 1 aromatic heterocycles. The highest BCUT2D eigenvalue weighted by atomic mass is 32.2. The number of carbonyl (C=O) groups is 1. The molecule has 1 fully saturated rings. The Bertz CT molecular complexity index is 408. The number of aliphatic carboxylic acids is 1. The topological polar surface area (TPSA) is 84.3 Å². The predicted octanol–water partition coefficient (Wildman–Crippen LogP) is 2.09. The molecule has 2 N–H and O–H groups in total. The van der Waals surface area contributed by atoms with Crippen LogP contribution in [0.4, 0.5) is 5.13 Å². The Balaban J connectivity index is 1.66. The van der Waals surface area contributed by atoms with Crippen LogP contribution in [0, 0.1) is 0 Å². The lowest BCUT2D eigenvalue weighted by Gasteiger charge is -2.22. The Morgan fingerprint density at radius 3 is 3.16 bits per heavy atom. The minimum Gasteiger partial charge on any atom is -0.481 e. The summed E-state index contributed by atoms with van der Waals surface area (Å²) in [5.41, 5.74) is 0. The molecule has 19 heavy (non-hydrogen) atoms. The molecular formula is C11H17N3O3S2. The number of rotatable bonds is 7. The van der Waals surface area contributed by atoms with Crippen LogP contribution in [0.5, 0.6) is 0 Å². The standard InChI is InChI=1S/C11H17N3O3S2/c15-9(16)7-18-11-14-13-10(19-11)12-5-4-8-3-1-2-6-17-8/h8H,1-7H2,(H,12,13)(H,15,16). The van der Waals surface area contributed by atoms with Gasteiger partial charge in [0.1, 0.15) is 0 Å². The van der Waals surface area contributed by atoms with Crippen molar-refractivity contribution in [3.05, 3.63) is 0 Å². The molecule has 8 heteroatoms. The molecule has 0 bridgehead atoms. The quantitative estimate of drug-likeness (QED) is 0.746. The third-order valence-electron chi connectivity index (χ3n) is 2.74. The fraction of sp³-hybridized carbons (Fsp3) is 0.727. The monoisotopic (exact) mass is 303 g/mol. The average Bonchev–Trinajstić information content (AvgIpc) is 2.86. The summed E-state index contributed by atoms with van der Waals surface area (Å²) in [6, 6.07) is 0. The molecule has 1 aromatic rings. The van der Waals surface area contributed by atoms with E-state index in [1.165, 1.54) is 35.9 Å². The molecule has 2 rings (SSSR count). The molecule has 1 atom stereocenters. The van der Waals surface area contributed by atoms with Crippen molar-refractivity contribution in [3.8, 4) is 0 Å². The SMILES string of the molecule is O=C(O)CSc1nnc(NCCC2CCCCO2)s1. The van der Waals surface area contributed by atoms with Crippen molar-refractivity contribution >= 4 is 34.2 Å². The highest BCUT2D eigenvalue weighted by molar-refractivity contribution is 8.01. The highest BCUT2D eigenvalue weighted by Gasteiger charge is 2.13. The van der Waals surface area contributed by atoms with Crippen LogP contribution < -0.4 is 5.32 Å². The van der Waals surface area contributed by atoms with Crippen LogP contribution in [0.1, 0.15) is 25.7 Å². The maximum atomic E-state index is 10.4. The molecule has 2 heterocycles. The van der Waals surface area contributed by atoms with E-state index in [9.17, 15) is 4.79 Å². The number of hydrogen-bond donors (Lipinski definition) is 2. The van der Waals surface area contributed by atoms with Gasteiger partial charge in [0, 0.05) is 13.2 Å². The zero-order valence-electron chi connectivity index (χ0n) is 10.5. The molecule has 106 valence electrons. The first kappa shape index (κ1) is 14.5. The van der Waals surface area contributed by atoms with Crippen LogP contribution in [-0.2, 0) is 9.53 Å². The minimum absolute atomic E-state index is 0.0184. The van der Waals surface area contributed by atoms with Crippen molar-refractivity contribution in [2.24, 2.45) is 0 Å². The lowest BCUT2D eigenvalue weighted by atomic mass is 10.1. The van der Waals surface area contributed by atoms with E-state index >= 15 is 0 Å². The lowest BCUT2D eigenvalue weighted by molar-refractivity contribution is -0.133. The van der Waals surface area contributed by atoms with E-state index in [-0.39, 0.29) is 5.75 Å². The number of anilines is 1. The molecule has 1 unspecified atom stereocenters. The van der Waals surface area contributed by atoms with Gasteiger partial charge in [-0.25, -0.2) is 0 Å². The first-order chi connectivity index (χ1) is 9.24. The molecule has 6 nitrogen and oxygen atoms in total. The normalized spacial score (nSPS) is 19.3. The summed E-state index contributed by atoms with van der Waals surface area (Å²) in [7, 11) is 0. The summed E-state index contributed by atoms with van der Waals surface area (Å²) < 4.78 is 6.32. The lowest BCUT2D eigenvalue weighted by Crippen LogP contribution is -2.21. The van der Waals surface area contributed by atoms with Gasteiger partial charge in [-0.05, 0) is 25.7 Å². The molecule has 0 spiro atoms. The fourth-order valence-electron chi connectivity index (χ4n) is 1.84. The van der Waals surface area contributed by atoms with E-state index in [1.54, 1.807) is 0 Å². The third kappa shape index (κ3) is 5.33. The van der Waals surface area contributed by atoms with Crippen molar-refractivity contribution in [1.29, 1.82) is 0 Å². The van der Waals surface area contributed by atoms with Gasteiger partial charge in [0.05, 0.1) is 11.9 Å². The summed E-state index contributed by atoms with van der Waals surface area (Å²) in [6.07, 6.45) is 4.88. The van der Waals surface area contributed by atoms with Gasteiger partial charge in [-0.1, -0.05) is 23.1 Å². The Morgan fingerprint density at radius 1 is 1.53 bits per heavy atom. The molecule has 0 aliphatic carbocycles. The van der Waals surface area contributed by atoms with Crippen LogP contribution in [0.2, 0.25) is 0 Å². The second-order valence-corrected chi connectivity index (χ2v) is 6.46. The summed E-state index contributed by atoms with van der Waals surface area (Å²) in [6.45, 7) is 1.68. The van der Waals surface area contributed by atoms with E-state index in [0.717, 1.165) is 31.1 Å². The summed E-state index contributed by atoms with van der Waals surface area (Å²) in [5.74, 6) is -0.825. The number of ether oxygens (including phenoxy) is 1. The maximum Gasteiger partial charge on any atom is 0.313 e. The van der Waals surface area contributed by atoms with Crippen molar-refractivity contribution in [3.63, 3.8) is 0 Å². The predicted molar refractivity (Wildman–Crippen MR) is 75.0 cm³/mol. The van der Waals surface area contributed by atoms with Gasteiger partial charge in [0.2, 0.25) is 5.13 Å². The molecule has 1 aliphatic rings. The van der Waals surface area contributed by atoms with E-state index in [4.69, 9.17) is 9.84 Å². The number of hydrogen-bond acceptors (Lipinski definition) is 7. The number of carboxylic acid groups (broad SMARTS) is 1. The molecule has 1 saturated heterocycles. The summed E-state index contributed by atoms with van der Waals surface area (Å²) in [5, 5.41) is 20.4. The average molecular weight is 303 g/mol. The summed E-state index contributed by atoms with van der Waals surface area (Å²) in [4.78, 5) is 10.4. The van der Waals surface area contributed by atoms with Gasteiger partial charge >= 0.3 is 5.97 Å². The van der Waals surface area contributed by atoms with Crippen molar-refractivity contribution < 1.29 is 14.6 Å². The van der Waals surface area contributed by atoms with Crippen LogP contribution in [0.15, 0.2) is 4.34 Å². The third-order valence-corrected chi connectivity index (χ3v) is 4.74. The number of thioether (sulfide) groups is 1. The maximum absolute atomic E-state index is 10.4. The van der Waals surface area contributed by atoms with Gasteiger partial charge < -0.3 is 15.2 Å². The Hall–Kier alpha value is -0.860. The number of nitrogens with one attached hydrogen (secondary N) is 1. The van der Waals surface area contributed by atoms with Gasteiger partial charge in [-0.2, -0.15) is 0 Å². The number of nitrogens with zero attached hydrogens (tertiary/aromatic N) is 2. The highest BCUT2D eigenvalue weighted by Crippen LogP contribution is 2.25. The van der Waals surface area contributed by atoms with Gasteiger partial charge in [-0.3, -0.25) is 4.79 Å². The zero-order valence-corrected chi connectivity index (χ0v) is 12.1. The van der Waals surface area contributed by atoms with Crippen molar-refractivity contribution in [1.82, 2.24) is 10.2 Å². The van der Waals surface area contributed by atoms with Crippen LogP contribution in [-0.4, -0.2) is 46.3 Å². The minimum atomic E-state index is -0.843. The van der Waals surface area contributed by atoms with Gasteiger partial charge in [0.15, 0.2) is 4.34 Å². The van der Waals surface area contributed by atoms with E-state index in [2.05, 4.69) is 15.5 Å². The van der Waals surface area contributed by atoms with Crippen LogP contribution >= 0.6 is 23.1 Å². The fourth-order valence-corrected chi connectivity index (χ4v) is 3.34.